The highest BCUT2D eigenvalue weighted by Gasteiger charge is 2.31. The highest BCUT2D eigenvalue weighted by molar-refractivity contribution is 5.92. The number of aryl methyl sites for hydroxylation is 1. The predicted molar refractivity (Wildman–Crippen MR) is 94.9 cm³/mol. The Kier molecular flexibility index (Phi) is 6.23. The van der Waals surface area contributed by atoms with Crippen LogP contribution in [-0.4, -0.2) is 47.7 Å². The number of methoxy groups -OCH3 is 1. The van der Waals surface area contributed by atoms with Gasteiger partial charge in [-0.2, -0.15) is 5.10 Å². The van der Waals surface area contributed by atoms with Gasteiger partial charge in [0.1, 0.15) is 11.4 Å². The Bertz CT molecular complexity index is 689. The van der Waals surface area contributed by atoms with Gasteiger partial charge in [0, 0.05) is 30.9 Å². The Morgan fingerprint density at radius 3 is 2.92 bits per heavy atom. The van der Waals surface area contributed by atoms with Crippen LogP contribution in [0.5, 0.6) is 5.75 Å². The van der Waals surface area contributed by atoms with E-state index in [1.165, 1.54) is 0 Å². The summed E-state index contributed by atoms with van der Waals surface area (Å²) in [5.41, 5.74) is 2.46. The SMILES string of the molecule is CCc1cc(C(=O)N2CCNCC2c2ccccc2OC)n[nH]1.Cl. The first kappa shape index (κ1) is 18.3. The fraction of sp³-hybridized carbons (Fsp3) is 0.412. The molecule has 1 aromatic heterocycles. The van der Waals surface area contributed by atoms with Crippen molar-refractivity contribution in [2.24, 2.45) is 0 Å². The Hall–Kier alpha value is -2.05. The average molecular weight is 351 g/mol. The number of rotatable bonds is 4. The molecule has 1 atom stereocenters. The molecule has 130 valence electrons. The van der Waals surface area contributed by atoms with E-state index in [0.717, 1.165) is 30.0 Å². The molecular weight excluding hydrogens is 328 g/mol. The van der Waals surface area contributed by atoms with Crippen LogP contribution in [0.4, 0.5) is 0 Å². The van der Waals surface area contributed by atoms with Gasteiger partial charge in [0.25, 0.3) is 5.91 Å². The van der Waals surface area contributed by atoms with Gasteiger partial charge in [-0.25, -0.2) is 0 Å². The van der Waals surface area contributed by atoms with E-state index in [2.05, 4.69) is 15.5 Å². The summed E-state index contributed by atoms with van der Waals surface area (Å²) < 4.78 is 5.47. The number of nitrogens with one attached hydrogen (secondary N) is 2. The molecule has 1 unspecified atom stereocenters. The van der Waals surface area contributed by atoms with Crippen molar-refractivity contribution in [3.05, 3.63) is 47.3 Å². The third-order valence-electron chi connectivity index (χ3n) is 4.23. The van der Waals surface area contributed by atoms with Gasteiger partial charge < -0.3 is 15.0 Å². The maximum absolute atomic E-state index is 12.9. The van der Waals surface area contributed by atoms with Crippen LogP contribution in [0.15, 0.2) is 30.3 Å². The van der Waals surface area contributed by atoms with Crippen molar-refractivity contribution in [3.63, 3.8) is 0 Å². The zero-order valence-electron chi connectivity index (χ0n) is 13.9. The van der Waals surface area contributed by atoms with E-state index in [-0.39, 0.29) is 24.4 Å². The molecule has 1 aliphatic heterocycles. The van der Waals surface area contributed by atoms with Crippen LogP contribution in [0.1, 0.15) is 34.7 Å². The maximum Gasteiger partial charge on any atom is 0.274 e. The molecule has 0 spiro atoms. The normalized spacial score (nSPS) is 17.2. The predicted octanol–water partition coefficient (Wildman–Crippen LogP) is 2.19. The number of carbonyl (C=O) groups is 1. The summed E-state index contributed by atoms with van der Waals surface area (Å²) >= 11 is 0. The van der Waals surface area contributed by atoms with Crippen molar-refractivity contribution in [1.29, 1.82) is 0 Å². The van der Waals surface area contributed by atoms with Crippen molar-refractivity contribution in [1.82, 2.24) is 20.4 Å². The monoisotopic (exact) mass is 350 g/mol. The molecule has 6 nitrogen and oxygen atoms in total. The first-order valence-corrected chi connectivity index (χ1v) is 7.93. The molecule has 1 saturated heterocycles. The van der Waals surface area contributed by atoms with Crippen molar-refractivity contribution in [2.45, 2.75) is 19.4 Å². The lowest BCUT2D eigenvalue weighted by Gasteiger charge is -2.36. The van der Waals surface area contributed by atoms with E-state index in [1.807, 2.05) is 42.2 Å². The number of para-hydroxylation sites is 1. The number of aromatic nitrogens is 2. The van der Waals surface area contributed by atoms with E-state index in [4.69, 9.17) is 4.74 Å². The maximum atomic E-state index is 12.9. The number of hydrogen-bond donors (Lipinski definition) is 2. The van der Waals surface area contributed by atoms with Gasteiger partial charge in [-0.05, 0) is 18.6 Å². The number of hydrogen-bond acceptors (Lipinski definition) is 4. The van der Waals surface area contributed by atoms with Crippen molar-refractivity contribution in [2.75, 3.05) is 26.7 Å². The molecule has 1 aliphatic rings. The lowest BCUT2D eigenvalue weighted by Crippen LogP contribution is -2.48. The second-order valence-electron chi connectivity index (χ2n) is 5.59. The minimum absolute atomic E-state index is 0. The summed E-state index contributed by atoms with van der Waals surface area (Å²) in [6.45, 7) is 4.17. The van der Waals surface area contributed by atoms with Gasteiger partial charge in [0.15, 0.2) is 0 Å². The van der Waals surface area contributed by atoms with Crippen LogP contribution in [-0.2, 0) is 6.42 Å². The Morgan fingerprint density at radius 2 is 2.21 bits per heavy atom. The summed E-state index contributed by atoms with van der Waals surface area (Å²) in [5.74, 6) is 0.758. The van der Waals surface area contributed by atoms with Crippen LogP contribution in [0.2, 0.25) is 0 Å². The van der Waals surface area contributed by atoms with Gasteiger partial charge in [-0.15, -0.1) is 12.4 Å². The fourth-order valence-electron chi connectivity index (χ4n) is 2.97. The summed E-state index contributed by atoms with van der Waals surface area (Å²) in [5, 5.41) is 10.4. The number of ether oxygens (including phenoxy) is 1. The quantitative estimate of drug-likeness (QED) is 0.886. The zero-order valence-corrected chi connectivity index (χ0v) is 14.7. The molecule has 1 aromatic carbocycles. The van der Waals surface area contributed by atoms with Gasteiger partial charge in [-0.1, -0.05) is 25.1 Å². The van der Waals surface area contributed by atoms with Crippen LogP contribution >= 0.6 is 12.4 Å². The van der Waals surface area contributed by atoms with Crippen molar-refractivity contribution < 1.29 is 9.53 Å². The molecule has 1 fully saturated rings. The van der Waals surface area contributed by atoms with Crippen molar-refractivity contribution >= 4 is 18.3 Å². The third kappa shape index (κ3) is 3.55. The second-order valence-corrected chi connectivity index (χ2v) is 5.59. The van der Waals surface area contributed by atoms with Crippen molar-refractivity contribution in [3.8, 4) is 5.75 Å². The Labute approximate surface area is 148 Å². The van der Waals surface area contributed by atoms with E-state index in [1.54, 1.807) is 7.11 Å². The number of amides is 1. The minimum atomic E-state index is -0.0609. The molecule has 1 amide bonds. The number of H-pyrrole nitrogens is 1. The number of nitrogens with zero attached hydrogens (tertiary/aromatic N) is 2. The van der Waals surface area contributed by atoms with Gasteiger partial charge >= 0.3 is 0 Å². The molecule has 24 heavy (non-hydrogen) atoms. The molecule has 2 heterocycles. The van der Waals surface area contributed by atoms with E-state index in [9.17, 15) is 4.79 Å². The molecule has 3 rings (SSSR count). The fourth-order valence-corrected chi connectivity index (χ4v) is 2.97. The van der Waals surface area contributed by atoms with Crippen LogP contribution < -0.4 is 10.1 Å². The molecule has 0 aliphatic carbocycles. The summed E-state index contributed by atoms with van der Waals surface area (Å²) in [6, 6.07) is 9.62. The largest absolute Gasteiger partial charge is 0.496 e. The van der Waals surface area contributed by atoms with Crippen LogP contribution in [0.3, 0.4) is 0 Å². The summed E-state index contributed by atoms with van der Waals surface area (Å²) in [6.07, 6.45) is 0.831. The van der Waals surface area contributed by atoms with Gasteiger partial charge in [-0.3, -0.25) is 9.89 Å². The number of aromatic amines is 1. The number of piperazine rings is 1. The third-order valence-corrected chi connectivity index (χ3v) is 4.23. The van der Waals surface area contributed by atoms with E-state index in [0.29, 0.717) is 18.8 Å². The first-order chi connectivity index (χ1) is 11.2. The van der Waals surface area contributed by atoms with E-state index < -0.39 is 0 Å². The number of benzene rings is 1. The first-order valence-electron chi connectivity index (χ1n) is 7.93. The number of halogens is 1. The molecule has 2 aromatic rings. The van der Waals surface area contributed by atoms with Crippen LogP contribution in [0, 0.1) is 0 Å². The Morgan fingerprint density at radius 1 is 1.42 bits per heavy atom. The Balaban J connectivity index is 0.00000208. The van der Waals surface area contributed by atoms with Gasteiger partial charge in [0.05, 0.1) is 13.2 Å². The standard InChI is InChI=1S/C17H22N4O2.ClH/c1-3-12-10-14(20-19-12)17(22)21-9-8-18-11-15(21)13-6-4-5-7-16(13)23-2;/h4-7,10,15,18H,3,8-9,11H2,1-2H3,(H,19,20);1H. The highest BCUT2D eigenvalue weighted by Crippen LogP contribution is 2.30. The zero-order chi connectivity index (χ0) is 16.2. The molecular formula is C17H23ClN4O2. The van der Waals surface area contributed by atoms with E-state index >= 15 is 0 Å². The molecule has 0 radical (unpaired) electrons. The smallest absolute Gasteiger partial charge is 0.274 e. The topological polar surface area (TPSA) is 70.2 Å². The van der Waals surface area contributed by atoms with Crippen LogP contribution in [0.25, 0.3) is 0 Å². The molecule has 7 heteroatoms. The summed E-state index contributed by atoms with van der Waals surface area (Å²) in [7, 11) is 1.66. The highest BCUT2D eigenvalue weighted by atomic mass is 35.5. The summed E-state index contributed by atoms with van der Waals surface area (Å²) in [4.78, 5) is 14.8. The molecule has 0 saturated carbocycles. The minimum Gasteiger partial charge on any atom is -0.496 e. The molecule has 2 N–H and O–H groups in total. The lowest BCUT2D eigenvalue weighted by atomic mass is 10.0. The van der Waals surface area contributed by atoms with Gasteiger partial charge in [0.2, 0.25) is 0 Å². The average Bonchev–Trinajstić information content (AvgIpc) is 3.10. The lowest BCUT2D eigenvalue weighted by molar-refractivity contribution is 0.0625. The number of carbonyl (C=O) groups excluding carboxylic acids is 1. The second kappa shape index (κ2) is 8.17. The molecule has 0 bridgehead atoms.